The van der Waals surface area contributed by atoms with Crippen LogP contribution in [0.5, 0.6) is 0 Å². The zero-order valence-electron chi connectivity index (χ0n) is 12.6. The molecule has 0 aliphatic carbocycles. The number of likely N-dealkylation sites (tertiary alicyclic amines) is 2. The molecule has 6 heteroatoms. The standard InChI is InChI=1S/C15H23N3O3/c1-13(19)17-6-2-14(12-16,3-7-17)18-8-4-15(5-9-18)20-10-11-21-15/h2-11H2,1H3. The maximum Gasteiger partial charge on any atom is 0.219 e. The number of carbonyl (C=O) groups excluding carboxylic acids is 1. The van der Waals surface area contributed by atoms with Crippen LogP contribution in [0.3, 0.4) is 0 Å². The Morgan fingerprint density at radius 1 is 1.05 bits per heavy atom. The molecular formula is C15H23N3O3. The summed E-state index contributed by atoms with van der Waals surface area (Å²) in [4.78, 5) is 15.6. The van der Waals surface area contributed by atoms with E-state index in [-0.39, 0.29) is 5.91 Å². The highest BCUT2D eigenvalue weighted by Gasteiger charge is 2.47. The lowest BCUT2D eigenvalue weighted by molar-refractivity contribution is -0.192. The van der Waals surface area contributed by atoms with Gasteiger partial charge in [-0.25, -0.2) is 0 Å². The third-order valence-electron chi connectivity index (χ3n) is 5.19. The Hall–Kier alpha value is -1.16. The van der Waals surface area contributed by atoms with Gasteiger partial charge in [0.05, 0.1) is 19.3 Å². The van der Waals surface area contributed by atoms with E-state index in [4.69, 9.17) is 9.47 Å². The van der Waals surface area contributed by atoms with Crippen LogP contribution in [0.1, 0.15) is 32.6 Å². The highest BCUT2D eigenvalue weighted by Crippen LogP contribution is 2.37. The van der Waals surface area contributed by atoms with Crippen molar-refractivity contribution >= 4 is 5.91 Å². The summed E-state index contributed by atoms with van der Waals surface area (Å²) in [5.74, 6) is -0.292. The lowest BCUT2D eigenvalue weighted by Crippen LogP contribution is -2.59. The molecule has 0 atom stereocenters. The van der Waals surface area contributed by atoms with E-state index in [1.807, 2.05) is 4.90 Å². The summed E-state index contributed by atoms with van der Waals surface area (Å²) >= 11 is 0. The second-order valence-corrected chi connectivity index (χ2v) is 6.24. The van der Waals surface area contributed by atoms with Crippen LogP contribution in [0.2, 0.25) is 0 Å². The molecule has 0 N–H and O–H groups in total. The third kappa shape index (κ3) is 2.66. The number of nitrogens with zero attached hydrogens (tertiary/aromatic N) is 3. The van der Waals surface area contributed by atoms with Crippen molar-refractivity contribution in [3.05, 3.63) is 0 Å². The topological polar surface area (TPSA) is 65.8 Å². The fourth-order valence-corrected chi connectivity index (χ4v) is 3.75. The minimum Gasteiger partial charge on any atom is -0.347 e. The number of carbonyl (C=O) groups is 1. The Balaban J connectivity index is 1.63. The summed E-state index contributed by atoms with van der Waals surface area (Å²) < 4.78 is 11.5. The van der Waals surface area contributed by atoms with Crippen LogP contribution in [0, 0.1) is 11.3 Å². The summed E-state index contributed by atoms with van der Waals surface area (Å²) in [5, 5.41) is 9.72. The van der Waals surface area contributed by atoms with Gasteiger partial charge in [0, 0.05) is 45.9 Å². The normalized spacial score (nSPS) is 28.5. The summed E-state index contributed by atoms with van der Waals surface area (Å²) in [5.41, 5.74) is -0.424. The van der Waals surface area contributed by atoms with Gasteiger partial charge in [0.1, 0.15) is 5.54 Å². The molecule has 1 spiro atoms. The number of piperidine rings is 2. The Bertz CT molecular complexity index is 436. The predicted octanol–water partition coefficient (Wildman–Crippen LogP) is 0.730. The van der Waals surface area contributed by atoms with Crippen molar-refractivity contribution in [3.63, 3.8) is 0 Å². The van der Waals surface area contributed by atoms with E-state index < -0.39 is 11.3 Å². The van der Waals surface area contributed by atoms with Crippen LogP contribution in [0.25, 0.3) is 0 Å². The molecule has 1 amide bonds. The van der Waals surface area contributed by atoms with Crippen LogP contribution in [0.4, 0.5) is 0 Å². The molecule has 3 aliphatic rings. The van der Waals surface area contributed by atoms with Crippen molar-refractivity contribution in [3.8, 4) is 6.07 Å². The van der Waals surface area contributed by atoms with Crippen molar-refractivity contribution in [1.82, 2.24) is 9.80 Å². The minimum atomic E-state index is -0.424. The highest BCUT2D eigenvalue weighted by molar-refractivity contribution is 5.73. The largest absolute Gasteiger partial charge is 0.347 e. The number of nitriles is 1. The van der Waals surface area contributed by atoms with E-state index in [2.05, 4.69) is 11.0 Å². The molecule has 21 heavy (non-hydrogen) atoms. The van der Waals surface area contributed by atoms with E-state index in [1.54, 1.807) is 6.92 Å². The molecule has 0 bridgehead atoms. The second-order valence-electron chi connectivity index (χ2n) is 6.24. The first-order valence-corrected chi connectivity index (χ1v) is 7.79. The minimum absolute atomic E-state index is 0.104. The maximum atomic E-state index is 11.4. The van der Waals surface area contributed by atoms with Gasteiger partial charge in [0.2, 0.25) is 5.91 Å². The van der Waals surface area contributed by atoms with Gasteiger partial charge in [-0.2, -0.15) is 5.26 Å². The molecule has 0 unspecified atom stereocenters. The lowest BCUT2D eigenvalue weighted by atomic mass is 9.84. The van der Waals surface area contributed by atoms with Crippen LogP contribution in [-0.2, 0) is 14.3 Å². The van der Waals surface area contributed by atoms with E-state index in [0.29, 0.717) is 26.3 Å². The van der Waals surface area contributed by atoms with E-state index in [9.17, 15) is 10.1 Å². The molecule has 3 heterocycles. The Morgan fingerprint density at radius 3 is 2.10 bits per heavy atom. The van der Waals surface area contributed by atoms with E-state index >= 15 is 0 Å². The number of ether oxygens (including phenoxy) is 2. The zero-order valence-corrected chi connectivity index (χ0v) is 12.6. The third-order valence-corrected chi connectivity index (χ3v) is 5.19. The van der Waals surface area contributed by atoms with Crippen molar-refractivity contribution in [2.75, 3.05) is 39.4 Å². The molecule has 3 rings (SSSR count). The smallest absolute Gasteiger partial charge is 0.219 e. The molecule has 6 nitrogen and oxygen atoms in total. The fourth-order valence-electron chi connectivity index (χ4n) is 3.75. The van der Waals surface area contributed by atoms with Gasteiger partial charge in [-0.1, -0.05) is 0 Å². The lowest BCUT2D eigenvalue weighted by Gasteiger charge is -2.48. The van der Waals surface area contributed by atoms with Gasteiger partial charge in [-0.3, -0.25) is 9.69 Å². The number of hydrogen-bond donors (Lipinski definition) is 0. The van der Waals surface area contributed by atoms with Crippen molar-refractivity contribution in [2.24, 2.45) is 0 Å². The van der Waals surface area contributed by atoms with Gasteiger partial charge >= 0.3 is 0 Å². The first-order valence-electron chi connectivity index (χ1n) is 7.79. The van der Waals surface area contributed by atoms with Crippen molar-refractivity contribution < 1.29 is 14.3 Å². The first-order chi connectivity index (χ1) is 10.1. The molecular weight excluding hydrogens is 270 g/mol. The zero-order chi connectivity index (χ0) is 14.9. The Kier molecular flexibility index (Phi) is 3.91. The highest BCUT2D eigenvalue weighted by atomic mass is 16.7. The van der Waals surface area contributed by atoms with Gasteiger partial charge in [0.25, 0.3) is 0 Å². The van der Waals surface area contributed by atoms with Crippen molar-refractivity contribution in [2.45, 2.75) is 43.9 Å². The summed E-state index contributed by atoms with van der Waals surface area (Å²) in [7, 11) is 0. The Morgan fingerprint density at radius 2 is 1.62 bits per heavy atom. The van der Waals surface area contributed by atoms with Crippen LogP contribution < -0.4 is 0 Å². The van der Waals surface area contributed by atoms with Crippen LogP contribution in [0.15, 0.2) is 0 Å². The number of amides is 1. The maximum absolute atomic E-state index is 11.4. The molecule has 3 saturated heterocycles. The molecule has 0 radical (unpaired) electrons. The van der Waals surface area contributed by atoms with E-state index in [1.165, 1.54) is 0 Å². The van der Waals surface area contributed by atoms with Gasteiger partial charge < -0.3 is 14.4 Å². The molecule has 0 aromatic carbocycles. The van der Waals surface area contributed by atoms with Crippen LogP contribution in [-0.4, -0.2) is 66.4 Å². The molecule has 0 saturated carbocycles. The molecule has 116 valence electrons. The average molecular weight is 293 g/mol. The molecule has 0 aromatic heterocycles. The number of hydrogen-bond acceptors (Lipinski definition) is 5. The second kappa shape index (κ2) is 5.56. The summed E-state index contributed by atoms with van der Waals surface area (Å²) in [6.45, 7) is 5.96. The fraction of sp³-hybridized carbons (Fsp3) is 0.867. The first kappa shape index (κ1) is 14.8. The van der Waals surface area contributed by atoms with Gasteiger partial charge in [-0.05, 0) is 12.8 Å². The molecule has 3 fully saturated rings. The van der Waals surface area contributed by atoms with Gasteiger partial charge in [0.15, 0.2) is 5.79 Å². The summed E-state index contributed by atoms with van der Waals surface area (Å²) in [6.07, 6.45) is 3.12. The molecule has 3 aliphatic heterocycles. The quantitative estimate of drug-likeness (QED) is 0.713. The van der Waals surface area contributed by atoms with Gasteiger partial charge in [-0.15, -0.1) is 0 Å². The number of rotatable bonds is 1. The predicted molar refractivity (Wildman–Crippen MR) is 75.3 cm³/mol. The SMILES string of the molecule is CC(=O)N1CCC(C#N)(N2CCC3(CC2)OCCO3)CC1. The average Bonchev–Trinajstić information content (AvgIpc) is 2.96. The summed E-state index contributed by atoms with van der Waals surface area (Å²) in [6, 6.07) is 2.53. The Labute approximate surface area is 125 Å². The van der Waals surface area contributed by atoms with Crippen molar-refractivity contribution in [1.29, 1.82) is 5.26 Å². The van der Waals surface area contributed by atoms with Crippen LogP contribution >= 0.6 is 0 Å². The van der Waals surface area contributed by atoms with E-state index in [0.717, 1.165) is 38.8 Å². The molecule has 0 aromatic rings. The monoisotopic (exact) mass is 293 g/mol.